The zero-order valence-corrected chi connectivity index (χ0v) is 12.7. The van der Waals surface area contributed by atoms with Gasteiger partial charge in [0.15, 0.2) is 0 Å². The second-order valence-corrected chi connectivity index (χ2v) is 6.59. The van der Waals surface area contributed by atoms with Crippen LogP contribution in [0.3, 0.4) is 0 Å². The van der Waals surface area contributed by atoms with E-state index < -0.39 is 0 Å². The van der Waals surface area contributed by atoms with E-state index in [1.165, 1.54) is 11.3 Å². The summed E-state index contributed by atoms with van der Waals surface area (Å²) in [5.74, 6) is -0.0341. The molecule has 0 aromatic carbocycles. The minimum Gasteiger partial charge on any atom is -0.391 e. The van der Waals surface area contributed by atoms with E-state index in [-0.39, 0.29) is 18.1 Å². The molecule has 2 unspecified atom stereocenters. The van der Waals surface area contributed by atoms with Crippen LogP contribution in [-0.2, 0) is 0 Å². The lowest BCUT2D eigenvalue weighted by Crippen LogP contribution is -2.53. The van der Waals surface area contributed by atoms with Crippen molar-refractivity contribution in [3.8, 4) is 6.07 Å². The standard InChI is InChI=1S/C15H19N3O2S/c16-10-11-4-9-21-14(11)15(20)18-7-5-17(6-8-18)12-2-1-3-13(12)19/h4,9,12-13,19H,1-3,5-8H2. The van der Waals surface area contributed by atoms with Gasteiger partial charge in [0, 0.05) is 32.2 Å². The van der Waals surface area contributed by atoms with Crippen molar-refractivity contribution in [2.45, 2.75) is 31.4 Å². The number of piperazine rings is 1. The Kier molecular flexibility index (Phi) is 4.24. The van der Waals surface area contributed by atoms with E-state index >= 15 is 0 Å². The van der Waals surface area contributed by atoms with Crippen LogP contribution in [0, 0.1) is 11.3 Å². The van der Waals surface area contributed by atoms with Gasteiger partial charge in [-0.2, -0.15) is 5.26 Å². The molecule has 2 aliphatic rings. The fourth-order valence-electron chi connectivity index (χ4n) is 3.31. The predicted molar refractivity (Wildman–Crippen MR) is 80.2 cm³/mol. The molecule has 2 heterocycles. The van der Waals surface area contributed by atoms with Crippen molar-refractivity contribution < 1.29 is 9.90 Å². The van der Waals surface area contributed by atoms with Crippen LogP contribution in [0.15, 0.2) is 11.4 Å². The smallest absolute Gasteiger partial charge is 0.265 e. The van der Waals surface area contributed by atoms with E-state index in [2.05, 4.69) is 11.0 Å². The van der Waals surface area contributed by atoms with Crippen LogP contribution in [0.25, 0.3) is 0 Å². The van der Waals surface area contributed by atoms with E-state index in [9.17, 15) is 9.90 Å². The first-order chi connectivity index (χ1) is 10.2. The normalized spacial score (nSPS) is 26.8. The van der Waals surface area contributed by atoms with Crippen LogP contribution in [0.2, 0.25) is 0 Å². The summed E-state index contributed by atoms with van der Waals surface area (Å²) >= 11 is 1.34. The fourth-order valence-corrected chi connectivity index (χ4v) is 4.12. The summed E-state index contributed by atoms with van der Waals surface area (Å²) < 4.78 is 0. The Morgan fingerprint density at radius 3 is 2.71 bits per heavy atom. The summed E-state index contributed by atoms with van der Waals surface area (Å²) in [5, 5.41) is 20.8. The summed E-state index contributed by atoms with van der Waals surface area (Å²) in [6, 6.07) is 4.03. The number of thiophene rings is 1. The lowest BCUT2D eigenvalue weighted by atomic mass is 10.1. The first kappa shape index (κ1) is 14.5. The monoisotopic (exact) mass is 305 g/mol. The van der Waals surface area contributed by atoms with E-state index in [4.69, 9.17) is 5.26 Å². The number of nitriles is 1. The zero-order valence-electron chi connectivity index (χ0n) is 11.9. The van der Waals surface area contributed by atoms with Crippen LogP contribution in [0.1, 0.15) is 34.5 Å². The fraction of sp³-hybridized carbons (Fsp3) is 0.600. The maximum Gasteiger partial charge on any atom is 0.265 e. The van der Waals surface area contributed by atoms with Crippen LogP contribution < -0.4 is 0 Å². The third kappa shape index (κ3) is 2.82. The average Bonchev–Trinajstić information content (AvgIpc) is 3.15. The van der Waals surface area contributed by atoms with E-state index in [0.717, 1.165) is 32.4 Å². The molecule has 1 aliphatic heterocycles. The molecular weight excluding hydrogens is 286 g/mol. The molecule has 1 saturated heterocycles. The van der Waals surface area contributed by atoms with Gasteiger partial charge in [0.05, 0.1) is 11.7 Å². The van der Waals surface area contributed by atoms with E-state index in [1.54, 1.807) is 11.4 Å². The number of rotatable bonds is 2. The zero-order chi connectivity index (χ0) is 14.8. The van der Waals surface area contributed by atoms with Gasteiger partial charge in [-0.3, -0.25) is 9.69 Å². The molecule has 1 N–H and O–H groups in total. The van der Waals surface area contributed by atoms with Gasteiger partial charge in [0.25, 0.3) is 5.91 Å². The molecule has 1 aromatic heterocycles. The third-order valence-electron chi connectivity index (χ3n) is 4.49. The molecule has 0 spiro atoms. The molecule has 0 radical (unpaired) electrons. The number of carbonyl (C=O) groups is 1. The van der Waals surface area contributed by atoms with E-state index in [0.29, 0.717) is 23.5 Å². The van der Waals surface area contributed by atoms with Gasteiger partial charge < -0.3 is 10.0 Å². The number of hydrogen-bond donors (Lipinski definition) is 1. The van der Waals surface area contributed by atoms with Crippen molar-refractivity contribution in [3.05, 3.63) is 21.9 Å². The van der Waals surface area contributed by atoms with Crippen molar-refractivity contribution in [2.75, 3.05) is 26.2 Å². The van der Waals surface area contributed by atoms with Crippen LogP contribution >= 0.6 is 11.3 Å². The molecule has 2 fully saturated rings. The first-order valence-corrected chi connectivity index (χ1v) is 8.27. The van der Waals surface area contributed by atoms with Crippen LogP contribution in [0.4, 0.5) is 0 Å². The summed E-state index contributed by atoms with van der Waals surface area (Å²) in [5.41, 5.74) is 0.471. The molecule has 3 rings (SSSR count). The van der Waals surface area contributed by atoms with Crippen molar-refractivity contribution in [1.29, 1.82) is 5.26 Å². The number of aliphatic hydroxyl groups is 1. The predicted octanol–water partition coefficient (Wildman–Crippen LogP) is 1.29. The lowest BCUT2D eigenvalue weighted by Gasteiger charge is -2.39. The highest BCUT2D eigenvalue weighted by Gasteiger charge is 2.33. The van der Waals surface area contributed by atoms with Crippen LogP contribution in [-0.4, -0.2) is 59.1 Å². The molecule has 1 aliphatic carbocycles. The summed E-state index contributed by atoms with van der Waals surface area (Å²) in [6.45, 7) is 2.96. The van der Waals surface area contributed by atoms with Gasteiger partial charge in [-0.15, -0.1) is 11.3 Å². The molecule has 21 heavy (non-hydrogen) atoms. The van der Waals surface area contributed by atoms with E-state index in [1.807, 2.05) is 4.90 Å². The second-order valence-electron chi connectivity index (χ2n) is 5.67. The maximum absolute atomic E-state index is 12.5. The Balaban J connectivity index is 1.61. The Morgan fingerprint density at radius 2 is 2.10 bits per heavy atom. The van der Waals surface area contributed by atoms with Gasteiger partial charge in [0.2, 0.25) is 0 Å². The Morgan fingerprint density at radius 1 is 1.33 bits per heavy atom. The number of aliphatic hydroxyl groups excluding tert-OH is 1. The van der Waals surface area contributed by atoms with Crippen molar-refractivity contribution in [1.82, 2.24) is 9.80 Å². The topological polar surface area (TPSA) is 67.6 Å². The average molecular weight is 305 g/mol. The molecule has 1 amide bonds. The quantitative estimate of drug-likeness (QED) is 0.894. The second kappa shape index (κ2) is 6.14. The molecule has 2 atom stereocenters. The van der Waals surface area contributed by atoms with Crippen molar-refractivity contribution in [2.24, 2.45) is 0 Å². The number of nitrogens with zero attached hydrogens (tertiary/aromatic N) is 3. The van der Waals surface area contributed by atoms with Gasteiger partial charge in [-0.1, -0.05) is 0 Å². The maximum atomic E-state index is 12.5. The lowest BCUT2D eigenvalue weighted by molar-refractivity contribution is 0.0317. The van der Waals surface area contributed by atoms with Gasteiger partial charge in [-0.25, -0.2) is 0 Å². The Labute approximate surface area is 128 Å². The molecule has 6 heteroatoms. The number of amides is 1. The van der Waals surface area contributed by atoms with Crippen LogP contribution in [0.5, 0.6) is 0 Å². The minimum absolute atomic E-state index is 0.0341. The molecule has 1 saturated carbocycles. The molecular formula is C15H19N3O2S. The van der Waals surface area contributed by atoms with Crippen molar-refractivity contribution >= 4 is 17.2 Å². The Hall–Kier alpha value is -1.42. The van der Waals surface area contributed by atoms with Crippen molar-refractivity contribution in [3.63, 3.8) is 0 Å². The highest BCUT2D eigenvalue weighted by atomic mass is 32.1. The molecule has 5 nitrogen and oxygen atoms in total. The minimum atomic E-state index is -0.213. The molecule has 0 bridgehead atoms. The van der Waals surface area contributed by atoms with Gasteiger partial charge in [-0.05, 0) is 30.7 Å². The Bertz CT molecular complexity index is 558. The van der Waals surface area contributed by atoms with Gasteiger partial charge >= 0.3 is 0 Å². The van der Waals surface area contributed by atoms with Gasteiger partial charge in [0.1, 0.15) is 10.9 Å². The largest absolute Gasteiger partial charge is 0.391 e. The highest BCUT2D eigenvalue weighted by molar-refractivity contribution is 7.12. The summed E-state index contributed by atoms with van der Waals surface area (Å²) in [7, 11) is 0. The summed E-state index contributed by atoms with van der Waals surface area (Å²) in [4.78, 5) is 17.1. The SMILES string of the molecule is N#Cc1ccsc1C(=O)N1CCN(C2CCCC2O)CC1. The number of hydrogen-bond acceptors (Lipinski definition) is 5. The first-order valence-electron chi connectivity index (χ1n) is 7.39. The molecule has 112 valence electrons. The molecule has 1 aromatic rings. The third-order valence-corrected chi connectivity index (χ3v) is 5.40. The number of carbonyl (C=O) groups excluding carboxylic acids is 1. The summed E-state index contributed by atoms with van der Waals surface area (Å²) in [6.07, 6.45) is 2.82. The highest BCUT2D eigenvalue weighted by Crippen LogP contribution is 2.26.